The van der Waals surface area contributed by atoms with E-state index in [4.69, 9.17) is 11.0 Å². The zero-order chi connectivity index (χ0) is 24.1. The van der Waals surface area contributed by atoms with Gasteiger partial charge in [0.2, 0.25) is 11.8 Å². The molecule has 2 amide bonds. The number of carbonyl (C=O) groups excluding carboxylic acids is 2. The zero-order valence-electron chi connectivity index (χ0n) is 19.1. The van der Waals surface area contributed by atoms with Gasteiger partial charge >= 0.3 is 5.69 Å². The van der Waals surface area contributed by atoms with Gasteiger partial charge in [-0.2, -0.15) is 5.26 Å². The lowest BCUT2D eigenvalue weighted by atomic mass is 10.2. The molecule has 1 heterocycles. The van der Waals surface area contributed by atoms with Crippen LogP contribution >= 0.6 is 0 Å². The zero-order valence-corrected chi connectivity index (χ0v) is 19.1. The first-order chi connectivity index (χ1) is 15.8. The number of benzene rings is 2. The first-order valence-corrected chi connectivity index (χ1v) is 10.8. The fourth-order valence-corrected chi connectivity index (χ4v) is 3.94. The maximum Gasteiger partial charge on any atom is 0.330 e. The third-order valence-corrected chi connectivity index (χ3v) is 5.60. The number of primary amides is 1. The minimum Gasteiger partial charge on any atom is -0.372 e. The van der Waals surface area contributed by atoms with E-state index >= 15 is 0 Å². The number of rotatable bonds is 9. The fraction of sp³-hybridized carbons (Fsp3) is 0.333. The minimum absolute atomic E-state index is 0.127. The summed E-state index contributed by atoms with van der Waals surface area (Å²) in [6.07, 6.45) is 0. The van der Waals surface area contributed by atoms with Crippen molar-refractivity contribution in [2.45, 2.75) is 33.9 Å². The monoisotopic (exact) mass is 448 g/mol. The van der Waals surface area contributed by atoms with Crippen molar-refractivity contribution in [2.24, 2.45) is 5.73 Å². The number of nitrogens with zero attached hydrogens (tertiary/aromatic N) is 5. The molecule has 2 aromatic carbocycles. The maximum absolute atomic E-state index is 13.3. The summed E-state index contributed by atoms with van der Waals surface area (Å²) in [6, 6.07) is 14.7. The quantitative estimate of drug-likeness (QED) is 0.537. The Bertz CT molecular complexity index is 1260. The number of imidazole rings is 1. The number of aryl methyl sites for hydroxylation is 1. The first kappa shape index (κ1) is 23.6. The molecular formula is C24H28N6O3. The van der Waals surface area contributed by atoms with Crippen molar-refractivity contribution in [1.29, 1.82) is 5.26 Å². The number of nitrogens with two attached hydrogens (primary N) is 1. The van der Waals surface area contributed by atoms with Gasteiger partial charge in [0.15, 0.2) is 0 Å². The highest BCUT2D eigenvalue weighted by Gasteiger charge is 2.22. The van der Waals surface area contributed by atoms with Crippen molar-refractivity contribution in [1.82, 2.24) is 9.13 Å². The second kappa shape index (κ2) is 10.0. The topological polar surface area (TPSA) is 117 Å². The molecule has 33 heavy (non-hydrogen) atoms. The Balaban J connectivity index is 1.99. The van der Waals surface area contributed by atoms with Crippen molar-refractivity contribution >= 4 is 34.2 Å². The van der Waals surface area contributed by atoms with Crippen molar-refractivity contribution in [3.8, 4) is 6.07 Å². The molecule has 0 aliphatic heterocycles. The van der Waals surface area contributed by atoms with Gasteiger partial charge in [0, 0.05) is 24.5 Å². The van der Waals surface area contributed by atoms with Gasteiger partial charge in [0.25, 0.3) is 0 Å². The molecule has 0 aliphatic carbocycles. The van der Waals surface area contributed by atoms with Gasteiger partial charge in [0.1, 0.15) is 19.6 Å². The van der Waals surface area contributed by atoms with Gasteiger partial charge in [-0.1, -0.05) is 6.07 Å². The number of hydrogen-bond acceptors (Lipinski definition) is 5. The summed E-state index contributed by atoms with van der Waals surface area (Å²) >= 11 is 0. The SMILES string of the molecule is CCN(CC)c1ccc(N(CC(N)=O)C(=O)Cn2c(=O)n(CC#N)c3cc(C)ccc32)cc1. The summed E-state index contributed by atoms with van der Waals surface area (Å²) in [4.78, 5) is 41.5. The van der Waals surface area contributed by atoms with Crippen molar-refractivity contribution in [3.63, 3.8) is 0 Å². The number of aromatic nitrogens is 2. The van der Waals surface area contributed by atoms with Crippen LogP contribution in [0, 0.1) is 18.3 Å². The minimum atomic E-state index is -0.661. The molecule has 0 bridgehead atoms. The maximum atomic E-state index is 13.3. The van der Waals surface area contributed by atoms with E-state index in [0.717, 1.165) is 24.3 Å². The largest absolute Gasteiger partial charge is 0.372 e. The molecule has 3 rings (SSSR count). The van der Waals surface area contributed by atoms with E-state index in [1.807, 2.05) is 37.3 Å². The predicted octanol–water partition coefficient (Wildman–Crippen LogP) is 2.00. The van der Waals surface area contributed by atoms with Crippen LogP contribution in [0.15, 0.2) is 47.3 Å². The Morgan fingerprint density at radius 3 is 2.21 bits per heavy atom. The van der Waals surface area contributed by atoms with Crippen LogP contribution in [-0.4, -0.2) is 40.6 Å². The highest BCUT2D eigenvalue weighted by molar-refractivity contribution is 5.99. The number of amides is 2. The van der Waals surface area contributed by atoms with Gasteiger partial charge in [-0.3, -0.25) is 18.7 Å². The van der Waals surface area contributed by atoms with Crippen LogP contribution in [0.25, 0.3) is 11.0 Å². The molecule has 0 saturated carbocycles. The second-order valence-corrected chi connectivity index (χ2v) is 7.74. The fourth-order valence-electron chi connectivity index (χ4n) is 3.94. The molecule has 3 aromatic rings. The molecule has 0 atom stereocenters. The lowest BCUT2D eigenvalue weighted by molar-refractivity contribution is -0.122. The number of carbonyl (C=O) groups is 2. The highest BCUT2D eigenvalue weighted by atomic mass is 16.2. The van der Waals surface area contributed by atoms with Gasteiger partial charge in [0.05, 0.1) is 17.1 Å². The Morgan fingerprint density at radius 2 is 1.64 bits per heavy atom. The molecular weight excluding hydrogens is 420 g/mol. The van der Waals surface area contributed by atoms with Crippen molar-refractivity contribution in [3.05, 3.63) is 58.5 Å². The summed E-state index contributed by atoms with van der Waals surface area (Å²) in [5.41, 5.74) is 8.53. The second-order valence-electron chi connectivity index (χ2n) is 7.74. The molecule has 0 saturated heterocycles. The number of anilines is 2. The lowest BCUT2D eigenvalue weighted by Gasteiger charge is -2.24. The van der Waals surface area contributed by atoms with Crippen LogP contribution in [0.1, 0.15) is 19.4 Å². The van der Waals surface area contributed by atoms with Crippen molar-refractivity contribution < 1.29 is 9.59 Å². The normalized spacial score (nSPS) is 10.7. The molecule has 2 N–H and O–H groups in total. The molecule has 9 nitrogen and oxygen atoms in total. The van der Waals surface area contributed by atoms with Crippen molar-refractivity contribution in [2.75, 3.05) is 29.4 Å². The Kier molecular flexibility index (Phi) is 7.18. The van der Waals surface area contributed by atoms with Gasteiger partial charge in [-0.05, 0) is 62.7 Å². The molecule has 0 fully saturated rings. The summed E-state index contributed by atoms with van der Waals surface area (Å²) in [5, 5.41) is 9.15. The predicted molar refractivity (Wildman–Crippen MR) is 128 cm³/mol. The van der Waals surface area contributed by atoms with E-state index in [-0.39, 0.29) is 19.6 Å². The van der Waals surface area contributed by atoms with E-state index in [1.54, 1.807) is 18.2 Å². The highest BCUT2D eigenvalue weighted by Crippen LogP contribution is 2.22. The van der Waals surface area contributed by atoms with Gasteiger partial charge in [-0.15, -0.1) is 0 Å². The Hall–Kier alpha value is -4.06. The Labute approximate surface area is 192 Å². The molecule has 0 unspecified atom stereocenters. The Morgan fingerprint density at radius 1 is 1.00 bits per heavy atom. The van der Waals surface area contributed by atoms with E-state index < -0.39 is 17.5 Å². The van der Waals surface area contributed by atoms with E-state index in [0.29, 0.717) is 16.7 Å². The summed E-state index contributed by atoms with van der Waals surface area (Å²) in [5.74, 6) is -1.12. The smallest absolute Gasteiger partial charge is 0.330 e. The molecule has 0 radical (unpaired) electrons. The summed E-state index contributed by atoms with van der Waals surface area (Å²) in [6.45, 7) is 6.96. The van der Waals surface area contributed by atoms with E-state index in [1.165, 1.54) is 14.0 Å². The van der Waals surface area contributed by atoms with Crippen LogP contribution in [-0.2, 0) is 22.7 Å². The van der Waals surface area contributed by atoms with Crippen LogP contribution in [0.5, 0.6) is 0 Å². The van der Waals surface area contributed by atoms with Crippen LogP contribution in [0.2, 0.25) is 0 Å². The molecule has 0 spiro atoms. The van der Waals surface area contributed by atoms with Gasteiger partial charge in [-0.25, -0.2) is 4.79 Å². The number of hydrogen-bond donors (Lipinski definition) is 1. The summed E-state index contributed by atoms with van der Waals surface area (Å²) < 4.78 is 2.67. The third kappa shape index (κ3) is 4.90. The number of fused-ring (bicyclic) bond motifs is 1. The van der Waals surface area contributed by atoms with E-state index in [2.05, 4.69) is 18.7 Å². The molecule has 172 valence electrons. The molecule has 1 aromatic heterocycles. The van der Waals surface area contributed by atoms with E-state index in [9.17, 15) is 14.4 Å². The average molecular weight is 449 g/mol. The summed E-state index contributed by atoms with van der Waals surface area (Å²) in [7, 11) is 0. The molecule has 9 heteroatoms. The first-order valence-electron chi connectivity index (χ1n) is 10.8. The van der Waals surface area contributed by atoms with Gasteiger partial charge < -0.3 is 15.5 Å². The van der Waals surface area contributed by atoms with Crippen LogP contribution in [0.3, 0.4) is 0 Å². The standard InChI is InChI=1S/C24H28N6O3/c1-4-27(5-2)18-7-9-19(10-8-18)29(15-22(26)31)23(32)16-30-20-11-6-17(3)14-21(20)28(13-12-25)24(30)33/h6-11,14H,4-5,13,15-16H2,1-3H3,(H2,26,31). The average Bonchev–Trinajstić information content (AvgIpc) is 3.04. The van der Waals surface area contributed by atoms with Crippen LogP contribution in [0.4, 0.5) is 11.4 Å². The number of nitriles is 1. The third-order valence-electron chi connectivity index (χ3n) is 5.60. The molecule has 0 aliphatic rings. The lowest BCUT2D eigenvalue weighted by Crippen LogP contribution is -2.41. The van der Waals surface area contributed by atoms with Crippen LogP contribution < -0.4 is 21.2 Å².